The maximum atomic E-state index is 11.7. The molecule has 0 amide bonds. The summed E-state index contributed by atoms with van der Waals surface area (Å²) < 4.78 is 23.4. The van der Waals surface area contributed by atoms with Gasteiger partial charge in [0, 0.05) is 28.8 Å². The minimum atomic E-state index is -3.20. The molecule has 2 aromatic rings. The quantitative estimate of drug-likeness (QED) is 0.792. The summed E-state index contributed by atoms with van der Waals surface area (Å²) >= 11 is 7.62. The molecule has 3 rings (SSSR count). The van der Waals surface area contributed by atoms with Crippen LogP contribution in [0.15, 0.2) is 63.4 Å². The van der Waals surface area contributed by atoms with E-state index < -0.39 is 9.84 Å². The average Bonchev–Trinajstić information content (AvgIpc) is 2.91. The molecule has 0 radical (unpaired) electrons. The van der Waals surface area contributed by atoms with E-state index >= 15 is 0 Å². The van der Waals surface area contributed by atoms with Crippen LogP contribution in [0.1, 0.15) is 18.9 Å². The molecule has 1 unspecified atom stereocenters. The third-order valence-electron chi connectivity index (χ3n) is 4.31. The van der Waals surface area contributed by atoms with E-state index in [1.165, 1.54) is 6.26 Å². The number of halogens is 1. The first-order chi connectivity index (χ1) is 12.3. The first-order valence-electron chi connectivity index (χ1n) is 8.27. The predicted octanol–water partition coefficient (Wildman–Crippen LogP) is 4.43. The van der Waals surface area contributed by atoms with Gasteiger partial charge in [-0.3, -0.25) is 0 Å². The van der Waals surface area contributed by atoms with Crippen LogP contribution in [0.25, 0.3) is 5.70 Å². The molecule has 1 atom stereocenters. The van der Waals surface area contributed by atoms with Gasteiger partial charge in [-0.05, 0) is 42.8 Å². The van der Waals surface area contributed by atoms with Crippen molar-refractivity contribution in [2.45, 2.75) is 29.3 Å². The maximum Gasteiger partial charge on any atom is 0.175 e. The Morgan fingerprint density at radius 1 is 1.12 bits per heavy atom. The Morgan fingerprint density at radius 2 is 1.73 bits per heavy atom. The molecule has 1 heterocycles. The van der Waals surface area contributed by atoms with E-state index in [2.05, 4.69) is 24.2 Å². The van der Waals surface area contributed by atoms with Crippen molar-refractivity contribution in [2.24, 2.45) is 0 Å². The molecule has 0 aromatic heterocycles. The van der Waals surface area contributed by atoms with Gasteiger partial charge in [-0.25, -0.2) is 8.42 Å². The van der Waals surface area contributed by atoms with Gasteiger partial charge in [0.15, 0.2) is 9.84 Å². The van der Waals surface area contributed by atoms with Crippen LogP contribution in [-0.4, -0.2) is 32.8 Å². The predicted molar refractivity (Wildman–Crippen MR) is 109 cm³/mol. The summed E-state index contributed by atoms with van der Waals surface area (Å²) in [5.74, 6) is 0. The molecule has 138 valence electrons. The Labute approximate surface area is 164 Å². The van der Waals surface area contributed by atoms with Gasteiger partial charge in [0.05, 0.1) is 21.8 Å². The van der Waals surface area contributed by atoms with Crippen molar-refractivity contribution in [1.82, 2.24) is 10.2 Å². The molecule has 2 aromatic carbocycles. The van der Waals surface area contributed by atoms with Crippen molar-refractivity contribution in [3.05, 3.63) is 64.1 Å². The zero-order valence-corrected chi connectivity index (χ0v) is 17.3. The Bertz CT molecular complexity index is 923. The lowest BCUT2D eigenvalue weighted by Crippen LogP contribution is -2.33. The van der Waals surface area contributed by atoms with Crippen molar-refractivity contribution in [3.8, 4) is 0 Å². The van der Waals surface area contributed by atoms with Crippen molar-refractivity contribution in [1.29, 1.82) is 0 Å². The molecule has 0 saturated heterocycles. The first kappa shape index (κ1) is 19.1. The third kappa shape index (κ3) is 4.03. The number of sulfone groups is 1. The molecule has 7 heteroatoms. The monoisotopic (exact) mass is 408 g/mol. The molecule has 0 bridgehead atoms. The molecule has 0 saturated carbocycles. The Morgan fingerprint density at radius 3 is 2.27 bits per heavy atom. The molecular weight excluding hydrogens is 388 g/mol. The molecule has 1 aliphatic heterocycles. The van der Waals surface area contributed by atoms with Crippen molar-refractivity contribution in [2.75, 3.05) is 13.3 Å². The van der Waals surface area contributed by atoms with Gasteiger partial charge in [-0.15, -0.1) is 0 Å². The van der Waals surface area contributed by atoms with Gasteiger partial charge in [0.25, 0.3) is 0 Å². The fourth-order valence-corrected chi connectivity index (χ4v) is 4.72. The highest BCUT2D eigenvalue weighted by atomic mass is 35.5. The molecule has 1 aliphatic rings. The van der Waals surface area contributed by atoms with E-state index in [0.29, 0.717) is 9.92 Å². The number of nitrogens with one attached hydrogen (secondary N) is 1. The van der Waals surface area contributed by atoms with Gasteiger partial charge in [-0.1, -0.05) is 42.4 Å². The van der Waals surface area contributed by atoms with Gasteiger partial charge >= 0.3 is 0 Å². The summed E-state index contributed by atoms with van der Waals surface area (Å²) in [6.07, 6.45) is 2.38. The van der Waals surface area contributed by atoms with E-state index in [1.54, 1.807) is 23.9 Å². The van der Waals surface area contributed by atoms with Crippen LogP contribution in [0.5, 0.6) is 0 Å². The van der Waals surface area contributed by atoms with Crippen LogP contribution < -0.4 is 5.32 Å². The van der Waals surface area contributed by atoms with Crippen molar-refractivity contribution < 1.29 is 8.42 Å². The lowest BCUT2D eigenvalue weighted by molar-refractivity contribution is 0.335. The third-order valence-corrected chi connectivity index (χ3v) is 6.71. The van der Waals surface area contributed by atoms with Crippen LogP contribution in [0, 0.1) is 0 Å². The number of thioether (sulfide) groups is 1. The number of benzene rings is 2. The maximum absolute atomic E-state index is 11.7. The van der Waals surface area contributed by atoms with E-state index in [4.69, 9.17) is 11.6 Å². The highest BCUT2D eigenvalue weighted by molar-refractivity contribution is 8.03. The Kier molecular flexibility index (Phi) is 5.55. The van der Waals surface area contributed by atoms with E-state index in [1.807, 2.05) is 36.4 Å². The highest BCUT2D eigenvalue weighted by Gasteiger charge is 2.29. The fraction of sp³-hybridized carbons (Fsp3) is 0.263. The molecule has 0 aliphatic carbocycles. The normalized spacial score (nSPS) is 17.5. The Hall–Kier alpha value is -1.63. The smallest absolute Gasteiger partial charge is 0.175 e. The summed E-state index contributed by atoms with van der Waals surface area (Å²) in [6.45, 7) is 2.13. The molecule has 4 nitrogen and oxygen atoms in total. The molecular formula is C19H21ClN2O2S2. The topological polar surface area (TPSA) is 49.4 Å². The van der Waals surface area contributed by atoms with Gasteiger partial charge in [-0.2, -0.15) is 0 Å². The largest absolute Gasteiger partial charge is 0.358 e. The summed E-state index contributed by atoms with van der Waals surface area (Å²) in [6, 6.07) is 14.8. The molecule has 0 spiro atoms. The standard InChI is InChI=1S/C19H21ClN2O2S2/c1-4-17-21-19(25-15-9-7-14(20)8-10-15)18(22(17)2)13-5-11-16(12-6-13)26(3,23)24/h5-12,17,21H,4H2,1-3H3. The molecule has 26 heavy (non-hydrogen) atoms. The summed E-state index contributed by atoms with van der Waals surface area (Å²) in [5, 5.41) is 5.32. The Balaban J connectivity index is 1.98. The van der Waals surface area contributed by atoms with Crippen LogP contribution in [0.4, 0.5) is 0 Å². The van der Waals surface area contributed by atoms with Gasteiger partial charge < -0.3 is 10.2 Å². The molecule has 1 N–H and O–H groups in total. The highest BCUT2D eigenvalue weighted by Crippen LogP contribution is 2.38. The minimum Gasteiger partial charge on any atom is -0.358 e. The first-order valence-corrected chi connectivity index (χ1v) is 11.4. The van der Waals surface area contributed by atoms with E-state index in [0.717, 1.165) is 27.6 Å². The second-order valence-corrected chi connectivity index (χ2v) is 9.75. The van der Waals surface area contributed by atoms with Crippen LogP contribution in [-0.2, 0) is 9.84 Å². The number of hydrogen-bond donors (Lipinski definition) is 1. The SMILES string of the molecule is CCC1NC(Sc2ccc(Cl)cc2)=C(c2ccc(S(C)(=O)=O)cc2)N1C. The minimum absolute atomic E-state index is 0.203. The van der Waals surface area contributed by atoms with Gasteiger partial charge in [0.2, 0.25) is 0 Å². The average molecular weight is 409 g/mol. The molecule has 0 fully saturated rings. The van der Waals surface area contributed by atoms with Gasteiger partial charge in [0.1, 0.15) is 0 Å². The lowest BCUT2D eigenvalue weighted by Gasteiger charge is -2.23. The fourth-order valence-electron chi connectivity index (χ4n) is 2.90. The van der Waals surface area contributed by atoms with Crippen LogP contribution >= 0.6 is 23.4 Å². The zero-order valence-electron chi connectivity index (χ0n) is 14.9. The number of hydrogen-bond acceptors (Lipinski definition) is 5. The van der Waals surface area contributed by atoms with E-state index in [-0.39, 0.29) is 6.17 Å². The summed E-state index contributed by atoms with van der Waals surface area (Å²) in [7, 11) is -1.15. The van der Waals surface area contributed by atoms with Crippen molar-refractivity contribution >= 4 is 38.9 Å². The lowest BCUT2D eigenvalue weighted by atomic mass is 10.1. The van der Waals surface area contributed by atoms with Crippen LogP contribution in [0.2, 0.25) is 5.02 Å². The van der Waals surface area contributed by atoms with Crippen LogP contribution in [0.3, 0.4) is 0 Å². The number of nitrogens with zero attached hydrogens (tertiary/aromatic N) is 1. The van der Waals surface area contributed by atoms with Crippen molar-refractivity contribution in [3.63, 3.8) is 0 Å². The second kappa shape index (κ2) is 7.55. The van der Waals surface area contributed by atoms with E-state index in [9.17, 15) is 8.42 Å². The number of rotatable bonds is 5. The summed E-state index contributed by atoms with van der Waals surface area (Å²) in [5.41, 5.74) is 2.05. The summed E-state index contributed by atoms with van der Waals surface area (Å²) in [4.78, 5) is 3.62. The second-order valence-electron chi connectivity index (χ2n) is 6.21. The zero-order chi connectivity index (χ0) is 18.9.